The average Bonchev–Trinajstić information content (AvgIpc) is 2.23. The summed E-state index contributed by atoms with van der Waals surface area (Å²) in [6.07, 6.45) is -4.99. The number of hydrogen-bond donors (Lipinski definition) is 1. The number of carbonyl (C=O) groups is 2. The van der Waals surface area contributed by atoms with Crippen LogP contribution < -0.4 is 0 Å². The molecule has 0 aliphatic heterocycles. The van der Waals surface area contributed by atoms with Crippen molar-refractivity contribution in [2.24, 2.45) is 0 Å². The van der Waals surface area contributed by atoms with Crippen molar-refractivity contribution in [1.29, 1.82) is 5.41 Å². The Morgan fingerprint density at radius 3 is 2.24 bits per heavy atom. The summed E-state index contributed by atoms with van der Waals surface area (Å²) >= 11 is 0. The molecule has 0 saturated carbocycles. The van der Waals surface area contributed by atoms with Gasteiger partial charge in [0.05, 0.1) is 19.3 Å². The largest absolute Gasteiger partial charge is 0.466 e. The van der Waals surface area contributed by atoms with Crippen LogP contribution in [0.4, 0.5) is 13.2 Å². The molecule has 0 bridgehead atoms. The third-order valence-corrected chi connectivity index (χ3v) is 1.52. The van der Waals surface area contributed by atoms with Gasteiger partial charge in [0.25, 0.3) is 0 Å². The maximum Gasteiger partial charge on any atom is 0.418 e. The molecule has 0 atom stereocenters. The summed E-state index contributed by atoms with van der Waals surface area (Å²) in [6, 6.07) is 0. The van der Waals surface area contributed by atoms with Crippen LogP contribution in [0, 0.1) is 5.41 Å². The van der Waals surface area contributed by atoms with Crippen LogP contribution in [0.25, 0.3) is 0 Å². The van der Waals surface area contributed by atoms with Crippen molar-refractivity contribution < 1.29 is 32.2 Å². The van der Waals surface area contributed by atoms with Crippen LogP contribution in [0.15, 0.2) is 11.6 Å². The fourth-order valence-corrected chi connectivity index (χ4v) is 0.786. The lowest BCUT2D eigenvalue weighted by molar-refractivity contribution is -0.136. The Balaban J connectivity index is 5.22. The molecule has 1 N–H and O–H groups in total. The molecule has 0 heterocycles. The van der Waals surface area contributed by atoms with Crippen LogP contribution in [-0.4, -0.2) is 37.5 Å². The number of nitrogens with one attached hydrogen (secondary N) is 1. The summed E-state index contributed by atoms with van der Waals surface area (Å²) in [4.78, 5) is 21.7. The zero-order valence-electron chi connectivity index (χ0n) is 9.05. The molecule has 0 aromatic rings. The molecule has 0 aliphatic rings. The van der Waals surface area contributed by atoms with Crippen molar-refractivity contribution in [3.8, 4) is 0 Å². The van der Waals surface area contributed by atoms with Crippen LogP contribution in [0.1, 0.15) is 6.92 Å². The summed E-state index contributed by atoms with van der Waals surface area (Å²) in [5.74, 6) is -2.77. The predicted molar refractivity (Wildman–Crippen MR) is 50.5 cm³/mol. The fraction of sp³-hybridized carbons (Fsp3) is 0.444. The second-order valence-corrected chi connectivity index (χ2v) is 2.67. The lowest BCUT2D eigenvalue weighted by Gasteiger charge is -2.11. The van der Waals surface area contributed by atoms with E-state index in [0.717, 1.165) is 7.11 Å². The maximum absolute atomic E-state index is 12.4. The van der Waals surface area contributed by atoms with Crippen molar-refractivity contribution >= 4 is 17.7 Å². The Morgan fingerprint density at radius 1 is 1.35 bits per heavy atom. The number of alkyl halides is 3. The number of esters is 2. The van der Waals surface area contributed by atoms with Gasteiger partial charge in [-0.05, 0) is 6.92 Å². The molecular weight excluding hydrogens is 243 g/mol. The molecule has 0 unspecified atom stereocenters. The number of rotatable bonds is 4. The molecule has 17 heavy (non-hydrogen) atoms. The van der Waals surface area contributed by atoms with E-state index in [1.165, 1.54) is 6.92 Å². The minimum absolute atomic E-state index is 0.0270. The molecule has 0 spiro atoms. The fourth-order valence-electron chi connectivity index (χ4n) is 0.786. The minimum Gasteiger partial charge on any atom is -0.466 e. The van der Waals surface area contributed by atoms with E-state index in [-0.39, 0.29) is 12.7 Å². The second kappa shape index (κ2) is 6.02. The van der Waals surface area contributed by atoms with Gasteiger partial charge in [-0.3, -0.25) is 5.41 Å². The highest BCUT2D eigenvalue weighted by Crippen LogP contribution is 2.26. The van der Waals surface area contributed by atoms with E-state index in [1.54, 1.807) is 0 Å². The Kier molecular flexibility index (Phi) is 5.36. The van der Waals surface area contributed by atoms with E-state index in [2.05, 4.69) is 9.47 Å². The summed E-state index contributed by atoms with van der Waals surface area (Å²) in [5.41, 5.74) is -3.15. The highest BCUT2D eigenvalue weighted by atomic mass is 19.4. The van der Waals surface area contributed by atoms with Gasteiger partial charge in [0, 0.05) is 6.08 Å². The van der Waals surface area contributed by atoms with Crippen LogP contribution in [0.3, 0.4) is 0 Å². The summed E-state index contributed by atoms with van der Waals surface area (Å²) in [6.45, 7) is 1.20. The molecule has 0 aromatic carbocycles. The molecule has 0 aromatic heterocycles. The highest BCUT2D eigenvalue weighted by molar-refractivity contribution is 6.42. The third-order valence-electron chi connectivity index (χ3n) is 1.52. The summed E-state index contributed by atoms with van der Waals surface area (Å²) < 4.78 is 45.6. The molecule has 0 saturated heterocycles. The van der Waals surface area contributed by atoms with Gasteiger partial charge in [0.1, 0.15) is 0 Å². The second-order valence-electron chi connectivity index (χ2n) is 2.67. The molecule has 0 fully saturated rings. The van der Waals surface area contributed by atoms with E-state index in [4.69, 9.17) is 5.41 Å². The van der Waals surface area contributed by atoms with Gasteiger partial charge in [-0.1, -0.05) is 0 Å². The Bertz CT molecular complexity index is 360. The van der Waals surface area contributed by atoms with Crippen LogP contribution in [0.5, 0.6) is 0 Å². The zero-order valence-corrected chi connectivity index (χ0v) is 9.05. The first-order chi connectivity index (χ1) is 7.73. The van der Waals surface area contributed by atoms with E-state index in [9.17, 15) is 22.8 Å². The van der Waals surface area contributed by atoms with E-state index >= 15 is 0 Å². The molecule has 5 nitrogen and oxygen atoms in total. The number of methoxy groups -OCH3 is 1. The Labute approximate surface area is 94.7 Å². The smallest absolute Gasteiger partial charge is 0.418 e. The summed E-state index contributed by atoms with van der Waals surface area (Å²) in [5, 5.41) is 7.01. The van der Waals surface area contributed by atoms with Gasteiger partial charge in [0.2, 0.25) is 0 Å². The van der Waals surface area contributed by atoms with E-state index < -0.39 is 29.4 Å². The topological polar surface area (TPSA) is 76.5 Å². The SMILES string of the molecule is CCOC(=O)C(=N)/C(=C/C(=O)OC)C(F)(F)F. The lowest BCUT2D eigenvalue weighted by atomic mass is 10.1. The molecule has 8 heteroatoms. The first-order valence-corrected chi connectivity index (χ1v) is 4.36. The van der Waals surface area contributed by atoms with Crippen molar-refractivity contribution in [2.75, 3.05) is 13.7 Å². The molecule has 0 radical (unpaired) electrons. The Hall–Kier alpha value is -1.86. The van der Waals surface area contributed by atoms with Gasteiger partial charge in [0.15, 0.2) is 5.71 Å². The highest BCUT2D eigenvalue weighted by Gasteiger charge is 2.40. The first kappa shape index (κ1) is 15.1. The molecule has 0 aliphatic carbocycles. The summed E-state index contributed by atoms with van der Waals surface area (Å²) in [7, 11) is 0.876. The van der Waals surface area contributed by atoms with Gasteiger partial charge >= 0.3 is 18.1 Å². The van der Waals surface area contributed by atoms with Crippen molar-refractivity contribution in [3.05, 3.63) is 11.6 Å². The number of hydrogen-bond acceptors (Lipinski definition) is 5. The average molecular weight is 253 g/mol. The maximum atomic E-state index is 12.4. The number of carbonyl (C=O) groups excluding carboxylic acids is 2. The Morgan fingerprint density at radius 2 is 1.88 bits per heavy atom. The van der Waals surface area contributed by atoms with Crippen LogP contribution in [0.2, 0.25) is 0 Å². The third kappa shape index (κ3) is 4.66. The van der Waals surface area contributed by atoms with Crippen molar-refractivity contribution in [3.63, 3.8) is 0 Å². The van der Waals surface area contributed by atoms with E-state index in [1.807, 2.05) is 0 Å². The van der Waals surface area contributed by atoms with Crippen molar-refractivity contribution in [1.82, 2.24) is 0 Å². The van der Waals surface area contributed by atoms with Crippen molar-refractivity contribution in [2.45, 2.75) is 13.1 Å². The zero-order chi connectivity index (χ0) is 13.6. The quantitative estimate of drug-likeness (QED) is 0.464. The molecule has 96 valence electrons. The first-order valence-electron chi connectivity index (χ1n) is 4.36. The van der Waals surface area contributed by atoms with Gasteiger partial charge in [-0.2, -0.15) is 13.2 Å². The standard InChI is InChI=1S/C9H10F3NO4/c1-3-17-8(15)7(13)5(9(10,11)12)4-6(14)16-2/h4,13H,3H2,1-2H3/b5-4-,13-7?. The molecule has 0 amide bonds. The normalized spacial score (nSPS) is 11.9. The monoisotopic (exact) mass is 253 g/mol. The van der Waals surface area contributed by atoms with Gasteiger partial charge in [-0.25, -0.2) is 9.59 Å². The molecular formula is C9H10F3NO4. The predicted octanol–water partition coefficient (Wildman–Crippen LogP) is 1.23. The van der Waals surface area contributed by atoms with E-state index in [0.29, 0.717) is 0 Å². The van der Waals surface area contributed by atoms with Crippen LogP contribution in [-0.2, 0) is 19.1 Å². The minimum atomic E-state index is -5.02. The van der Waals surface area contributed by atoms with Gasteiger partial charge in [-0.15, -0.1) is 0 Å². The van der Waals surface area contributed by atoms with Crippen LogP contribution >= 0.6 is 0 Å². The number of ether oxygens (including phenoxy) is 2. The number of halogens is 3. The van der Waals surface area contributed by atoms with Gasteiger partial charge < -0.3 is 9.47 Å². The lowest BCUT2D eigenvalue weighted by Crippen LogP contribution is -2.28. The molecule has 0 rings (SSSR count).